The van der Waals surface area contributed by atoms with Crippen LogP contribution in [0.2, 0.25) is 0 Å². The van der Waals surface area contributed by atoms with Crippen molar-refractivity contribution in [1.82, 2.24) is 15.3 Å². The first-order valence-electron chi connectivity index (χ1n) is 7.74. The fourth-order valence-corrected chi connectivity index (χ4v) is 3.09. The van der Waals surface area contributed by atoms with Gasteiger partial charge in [-0.2, -0.15) is 0 Å². The lowest BCUT2D eigenvalue weighted by molar-refractivity contribution is -0.118. The molecule has 0 atom stereocenters. The van der Waals surface area contributed by atoms with Crippen molar-refractivity contribution >= 4 is 28.7 Å². The number of ether oxygens (including phenoxy) is 2. The van der Waals surface area contributed by atoms with Gasteiger partial charge in [-0.1, -0.05) is 30.0 Å². The van der Waals surface area contributed by atoms with Crippen molar-refractivity contribution in [2.45, 2.75) is 11.7 Å². The van der Waals surface area contributed by atoms with E-state index in [-0.39, 0.29) is 5.91 Å². The topological polar surface area (TPSA) is 76.2 Å². The van der Waals surface area contributed by atoms with Crippen molar-refractivity contribution in [3.05, 3.63) is 48.0 Å². The number of aromatic amines is 1. The molecule has 7 heteroatoms. The first kappa shape index (κ1) is 17.2. The number of amides is 1. The number of nitrogens with one attached hydrogen (secondary N) is 2. The zero-order valence-electron chi connectivity index (χ0n) is 14.0. The van der Waals surface area contributed by atoms with Crippen molar-refractivity contribution in [3.8, 4) is 11.5 Å². The number of carbonyl (C=O) groups excluding carboxylic acids is 1. The Labute approximate surface area is 149 Å². The molecule has 0 aliphatic rings. The van der Waals surface area contributed by atoms with Gasteiger partial charge in [-0.3, -0.25) is 4.79 Å². The van der Waals surface area contributed by atoms with E-state index < -0.39 is 0 Å². The molecule has 1 heterocycles. The van der Waals surface area contributed by atoms with Crippen molar-refractivity contribution in [2.75, 3.05) is 20.0 Å². The van der Waals surface area contributed by atoms with Crippen LogP contribution >= 0.6 is 11.8 Å². The summed E-state index contributed by atoms with van der Waals surface area (Å²) in [7, 11) is 3.18. The highest BCUT2D eigenvalue weighted by atomic mass is 32.2. The van der Waals surface area contributed by atoms with E-state index in [1.54, 1.807) is 14.2 Å². The molecule has 2 aromatic carbocycles. The van der Waals surface area contributed by atoms with Crippen LogP contribution in [0.1, 0.15) is 5.56 Å². The quantitative estimate of drug-likeness (QED) is 0.636. The third-order valence-corrected chi connectivity index (χ3v) is 4.52. The number of carbonyl (C=O) groups is 1. The Morgan fingerprint density at radius 2 is 1.96 bits per heavy atom. The summed E-state index contributed by atoms with van der Waals surface area (Å²) in [6, 6.07) is 13.4. The molecule has 25 heavy (non-hydrogen) atoms. The molecule has 0 radical (unpaired) electrons. The molecule has 0 bridgehead atoms. The molecule has 130 valence electrons. The molecule has 0 saturated carbocycles. The van der Waals surface area contributed by atoms with Crippen LogP contribution in [0.4, 0.5) is 0 Å². The van der Waals surface area contributed by atoms with E-state index in [9.17, 15) is 4.79 Å². The highest BCUT2D eigenvalue weighted by Crippen LogP contribution is 2.27. The van der Waals surface area contributed by atoms with Gasteiger partial charge in [0.2, 0.25) is 5.91 Å². The number of hydrogen-bond acceptors (Lipinski definition) is 5. The maximum Gasteiger partial charge on any atom is 0.230 e. The van der Waals surface area contributed by atoms with Gasteiger partial charge in [0.25, 0.3) is 0 Å². The number of H-pyrrole nitrogens is 1. The summed E-state index contributed by atoms with van der Waals surface area (Å²) >= 11 is 1.38. The van der Waals surface area contributed by atoms with E-state index in [0.29, 0.717) is 23.8 Å². The predicted molar refractivity (Wildman–Crippen MR) is 98.2 cm³/mol. The van der Waals surface area contributed by atoms with Crippen LogP contribution < -0.4 is 14.8 Å². The number of thioether (sulfide) groups is 1. The molecule has 0 saturated heterocycles. The molecule has 1 amide bonds. The fraction of sp³-hybridized carbons (Fsp3) is 0.222. The Balaban J connectivity index is 1.52. The summed E-state index contributed by atoms with van der Waals surface area (Å²) in [5.74, 6) is 1.55. The van der Waals surface area contributed by atoms with Crippen molar-refractivity contribution < 1.29 is 14.3 Å². The maximum atomic E-state index is 12.1. The third kappa shape index (κ3) is 4.24. The number of para-hydroxylation sites is 2. The molecule has 0 unspecified atom stereocenters. The molecule has 6 nitrogen and oxygen atoms in total. The molecule has 0 aliphatic carbocycles. The van der Waals surface area contributed by atoms with Crippen LogP contribution in [0.25, 0.3) is 11.0 Å². The zero-order valence-corrected chi connectivity index (χ0v) is 14.9. The van der Waals surface area contributed by atoms with Gasteiger partial charge in [0.05, 0.1) is 31.0 Å². The minimum absolute atomic E-state index is 0.0553. The monoisotopic (exact) mass is 357 g/mol. The number of imidazole rings is 1. The summed E-state index contributed by atoms with van der Waals surface area (Å²) < 4.78 is 10.5. The lowest BCUT2D eigenvalue weighted by Gasteiger charge is -2.10. The molecule has 1 aromatic heterocycles. The average Bonchev–Trinajstić information content (AvgIpc) is 3.07. The van der Waals surface area contributed by atoms with E-state index in [2.05, 4.69) is 15.3 Å². The Bertz CT molecular complexity index is 846. The Morgan fingerprint density at radius 3 is 2.72 bits per heavy atom. The van der Waals surface area contributed by atoms with E-state index >= 15 is 0 Å². The molecule has 0 spiro atoms. The molecule has 3 aromatic rings. The molecule has 3 rings (SSSR count). The first-order valence-corrected chi connectivity index (χ1v) is 8.73. The summed E-state index contributed by atoms with van der Waals surface area (Å²) in [6.45, 7) is 0.430. The van der Waals surface area contributed by atoms with Gasteiger partial charge in [0.1, 0.15) is 0 Å². The summed E-state index contributed by atoms with van der Waals surface area (Å²) in [5.41, 5.74) is 2.81. The van der Waals surface area contributed by atoms with E-state index in [4.69, 9.17) is 9.47 Å². The highest BCUT2D eigenvalue weighted by Gasteiger charge is 2.08. The Kier molecular flexibility index (Phi) is 5.45. The van der Waals surface area contributed by atoms with Gasteiger partial charge < -0.3 is 19.8 Å². The third-order valence-electron chi connectivity index (χ3n) is 3.65. The second-order valence-corrected chi connectivity index (χ2v) is 6.28. The molecule has 0 fully saturated rings. The number of aromatic nitrogens is 2. The fourth-order valence-electron chi connectivity index (χ4n) is 2.37. The zero-order chi connectivity index (χ0) is 17.6. The van der Waals surface area contributed by atoms with Gasteiger partial charge in [-0.05, 0) is 29.8 Å². The van der Waals surface area contributed by atoms with Gasteiger partial charge in [0, 0.05) is 6.54 Å². The molecule has 2 N–H and O–H groups in total. The van der Waals surface area contributed by atoms with Crippen molar-refractivity contribution in [1.29, 1.82) is 0 Å². The van der Waals surface area contributed by atoms with E-state index in [1.165, 1.54) is 11.8 Å². The normalized spacial score (nSPS) is 10.6. The number of nitrogens with zero attached hydrogens (tertiary/aromatic N) is 1. The number of benzene rings is 2. The average molecular weight is 357 g/mol. The van der Waals surface area contributed by atoms with Crippen molar-refractivity contribution in [2.24, 2.45) is 0 Å². The predicted octanol–water partition coefficient (Wildman–Crippen LogP) is 2.99. The Morgan fingerprint density at radius 1 is 1.16 bits per heavy atom. The van der Waals surface area contributed by atoms with Crippen molar-refractivity contribution in [3.63, 3.8) is 0 Å². The number of methoxy groups -OCH3 is 2. The van der Waals surface area contributed by atoms with E-state index in [0.717, 1.165) is 21.8 Å². The summed E-state index contributed by atoms with van der Waals surface area (Å²) in [6.07, 6.45) is 0. The minimum atomic E-state index is -0.0553. The second-order valence-electron chi connectivity index (χ2n) is 5.31. The number of rotatable bonds is 7. The van der Waals surface area contributed by atoms with Crippen LogP contribution in [0, 0.1) is 0 Å². The van der Waals surface area contributed by atoms with Crippen LogP contribution in [0.15, 0.2) is 47.6 Å². The van der Waals surface area contributed by atoms with Crippen LogP contribution in [0.5, 0.6) is 11.5 Å². The SMILES string of the molecule is COc1ccc(CNC(=O)CSc2nc3ccccc3[nH]2)cc1OC. The lowest BCUT2D eigenvalue weighted by Crippen LogP contribution is -2.24. The standard InChI is InChI=1S/C18H19N3O3S/c1-23-15-8-7-12(9-16(15)24-2)10-19-17(22)11-25-18-20-13-5-3-4-6-14(13)21-18/h3-9H,10-11H2,1-2H3,(H,19,22)(H,20,21). The first-order chi connectivity index (χ1) is 12.2. The van der Waals surface area contributed by atoms with Crippen LogP contribution in [-0.2, 0) is 11.3 Å². The minimum Gasteiger partial charge on any atom is -0.493 e. The van der Waals surface area contributed by atoms with Crippen LogP contribution in [0.3, 0.4) is 0 Å². The van der Waals surface area contributed by atoms with Gasteiger partial charge >= 0.3 is 0 Å². The second kappa shape index (κ2) is 7.94. The summed E-state index contributed by atoms with van der Waals surface area (Å²) in [4.78, 5) is 19.7. The number of hydrogen-bond donors (Lipinski definition) is 2. The molecular formula is C18H19N3O3S. The van der Waals surface area contributed by atoms with E-state index in [1.807, 2.05) is 42.5 Å². The molecular weight excluding hydrogens is 338 g/mol. The van der Waals surface area contributed by atoms with Gasteiger partial charge in [-0.25, -0.2) is 4.98 Å². The number of fused-ring (bicyclic) bond motifs is 1. The largest absolute Gasteiger partial charge is 0.493 e. The van der Waals surface area contributed by atoms with Gasteiger partial charge in [-0.15, -0.1) is 0 Å². The highest BCUT2D eigenvalue weighted by molar-refractivity contribution is 7.99. The molecule has 0 aliphatic heterocycles. The summed E-state index contributed by atoms with van der Waals surface area (Å²) in [5, 5.41) is 3.63. The Hall–Kier alpha value is -2.67. The van der Waals surface area contributed by atoms with Gasteiger partial charge in [0.15, 0.2) is 16.7 Å². The maximum absolute atomic E-state index is 12.1. The smallest absolute Gasteiger partial charge is 0.230 e. The lowest BCUT2D eigenvalue weighted by atomic mass is 10.2. The van der Waals surface area contributed by atoms with Crippen LogP contribution in [-0.4, -0.2) is 35.8 Å².